The van der Waals surface area contributed by atoms with Gasteiger partial charge in [-0.25, -0.2) is 9.78 Å². The van der Waals surface area contributed by atoms with Crippen molar-refractivity contribution in [1.82, 2.24) is 15.3 Å². The minimum atomic E-state index is -5.15. The number of fused-ring (bicyclic) bond motifs is 1. The summed E-state index contributed by atoms with van der Waals surface area (Å²) in [6.07, 6.45) is 0.897. The molecule has 1 aromatic carbocycles. The summed E-state index contributed by atoms with van der Waals surface area (Å²) in [6.45, 7) is 1.04. The lowest BCUT2D eigenvalue weighted by Gasteiger charge is -2.19. The van der Waals surface area contributed by atoms with Crippen LogP contribution < -0.4 is 15.4 Å². The van der Waals surface area contributed by atoms with E-state index in [0.29, 0.717) is 41.6 Å². The summed E-state index contributed by atoms with van der Waals surface area (Å²) in [5.41, 5.74) is 2.33. The molecule has 0 radical (unpaired) electrons. The van der Waals surface area contributed by atoms with Crippen LogP contribution in [0.25, 0.3) is 0 Å². The van der Waals surface area contributed by atoms with Crippen LogP contribution in [0.2, 0.25) is 0 Å². The van der Waals surface area contributed by atoms with Crippen LogP contribution in [0.1, 0.15) is 65.2 Å². The van der Waals surface area contributed by atoms with Gasteiger partial charge in [-0.15, -0.1) is 0 Å². The van der Waals surface area contributed by atoms with Crippen LogP contribution in [0, 0.1) is 5.92 Å². The molecule has 2 N–H and O–H groups in total. The summed E-state index contributed by atoms with van der Waals surface area (Å²) in [6, 6.07) is 7.71. The number of halogens is 3. The van der Waals surface area contributed by atoms with Gasteiger partial charge in [-0.3, -0.25) is 10.1 Å². The molecule has 3 aliphatic rings. The van der Waals surface area contributed by atoms with E-state index in [4.69, 9.17) is 0 Å². The smallest absolute Gasteiger partial charge is 0.400 e. The number of esters is 1. The third-order valence-corrected chi connectivity index (χ3v) is 6.52. The first kappa shape index (κ1) is 22.8. The maximum absolute atomic E-state index is 12.9. The average molecular weight is 474 g/mol. The minimum absolute atomic E-state index is 0.184. The molecule has 180 valence electrons. The van der Waals surface area contributed by atoms with Gasteiger partial charge in [-0.2, -0.15) is 18.2 Å². The number of anilines is 1. The van der Waals surface area contributed by atoms with E-state index < -0.39 is 23.9 Å². The molecule has 2 fully saturated rings. The van der Waals surface area contributed by atoms with Gasteiger partial charge in [0.25, 0.3) is 5.91 Å². The van der Waals surface area contributed by atoms with Gasteiger partial charge in [-0.1, -0.05) is 12.1 Å². The Labute approximate surface area is 194 Å². The summed E-state index contributed by atoms with van der Waals surface area (Å²) in [7, 11) is 0. The highest BCUT2D eigenvalue weighted by Gasteiger charge is 2.42. The van der Waals surface area contributed by atoms with Crippen LogP contribution in [0.3, 0.4) is 0 Å². The number of rotatable bonds is 7. The second-order valence-electron chi connectivity index (χ2n) is 9.25. The Kier molecular flexibility index (Phi) is 6.01. The molecular weight excluding hydrogens is 449 g/mol. The van der Waals surface area contributed by atoms with E-state index in [1.165, 1.54) is 12.8 Å². The largest absolute Gasteiger partial charge is 0.491 e. The van der Waals surface area contributed by atoms with Crippen LogP contribution in [-0.4, -0.2) is 40.6 Å². The van der Waals surface area contributed by atoms with Crippen molar-refractivity contribution in [2.24, 2.45) is 5.92 Å². The van der Waals surface area contributed by atoms with Crippen molar-refractivity contribution >= 4 is 17.8 Å². The minimum Gasteiger partial charge on any atom is -0.400 e. The first-order valence-electron chi connectivity index (χ1n) is 11.6. The fourth-order valence-corrected chi connectivity index (χ4v) is 4.36. The number of ether oxygens (including phenoxy) is 1. The van der Waals surface area contributed by atoms with Gasteiger partial charge in [0.1, 0.15) is 0 Å². The fraction of sp³-hybridized carbons (Fsp3) is 0.500. The molecule has 0 spiro atoms. The van der Waals surface area contributed by atoms with E-state index in [9.17, 15) is 22.8 Å². The van der Waals surface area contributed by atoms with Crippen LogP contribution in [0.4, 0.5) is 19.1 Å². The van der Waals surface area contributed by atoms with Gasteiger partial charge in [-0.05, 0) is 75.1 Å². The number of amides is 1. The van der Waals surface area contributed by atoms with Crippen LogP contribution in [0.5, 0.6) is 5.88 Å². The molecule has 5 rings (SSSR count). The maximum atomic E-state index is 12.9. The van der Waals surface area contributed by atoms with Crippen molar-refractivity contribution in [3.8, 4) is 5.88 Å². The molecule has 3 aliphatic carbocycles. The second-order valence-corrected chi connectivity index (χ2v) is 9.25. The number of alkyl halides is 3. The molecule has 2 saturated carbocycles. The number of hydrogen-bond donors (Lipinski definition) is 2. The first-order chi connectivity index (χ1) is 16.3. The number of aromatic nitrogens is 2. The van der Waals surface area contributed by atoms with Crippen LogP contribution >= 0.6 is 0 Å². The standard InChI is InChI=1S/C24H25F3N4O3/c25-24(26,27)22(33)34-21-16-6-1-2-7-18(16)29-23(31-21)30-20(32)15-5-3-4-14(10-15)17-11-19(17)28-12-13-8-9-13/h3-5,10,13,17,19,28H,1-2,6-9,11-12H2,(H,29,30,31,32)/t17-,19+/m0/s1. The second kappa shape index (κ2) is 8.98. The maximum Gasteiger partial charge on any atom is 0.491 e. The highest BCUT2D eigenvalue weighted by molar-refractivity contribution is 6.03. The molecule has 0 bridgehead atoms. The lowest BCUT2D eigenvalue weighted by atomic mass is 9.97. The monoisotopic (exact) mass is 474 g/mol. The number of nitrogens with one attached hydrogen (secondary N) is 2. The molecule has 0 unspecified atom stereocenters. The van der Waals surface area contributed by atoms with Crippen molar-refractivity contribution in [3.05, 3.63) is 46.6 Å². The topological polar surface area (TPSA) is 93.2 Å². The van der Waals surface area contributed by atoms with Gasteiger partial charge in [0, 0.05) is 23.1 Å². The van der Waals surface area contributed by atoms with Crippen molar-refractivity contribution in [1.29, 1.82) is 0 Å². The van der Waals surface area contributed by atoms with Crippen molar-refractivity contribution in [3.63, 3.8) is 0 Å². The molecule has 1 aromatic heterocycles. The zero-order valence-electron chi connectivity index (χ0n) is 18.5. The van der Waals surface area contributed by atoms with E-state index in [1.807, 2.05) is 18.2 Å². The average Bonchev–Trinajstić information content (AvgIpc) is 3.72. The van der Waals surface area contributed by atoms with Crippen LogP contribution in [0.15, 0.2) is 24.3 Å². The van der Waals surface area contributed by atoms with E-state index in [-0.39, 0.29) is 5.95 Å². The third-order valence-electron chi connectivity index (χ3n) is 6.52. The molecule has 1 amide bonds. The number of carbonyl (C=O) groups excluding carboxylic acids is 2. The SMILES string of the molecule is O=C(Nc1nc2c(c(OC(=O)C(F)(F)F)n1)CCCC2)c1cccc([C@@H]2C[C@H]2NCC2CC2)c1. The zero-order valence-corrected chi connectivity index (χ0v) is 18.5. The molecule has 0 aliphatic heterocycles. The lowest BCUT2D eigenvalue weighted by molar-refractivity contribution is -0.190. The zero-order chi connectivity index (χ0) is 23.9. The summed E-state index contributed by atoms with van der Waals surface area (Å²) in [5, 5.41) is 6.13. The fourth-order valence-electron chi connectivity index (χ4n) is 4.36. The number of benzene rings is 1. The molecule has 2 aromatic rings. The predicted molar refractivity (Wildman–Crippen MR) is 117 cm³/mol. The van der Waals surface area contributed by atoms with Crippen molar-refractivity contribution in [2.75, 3.05) is 11.9 Å². The summed E-state index contributed by atoms with van der Waals surface area (Å²) >= 11 is 0. The molecule has 10 heteroatoms. The number of carbonyl (C=O) groups is 2. The number of aryl methyl sites for hydroxylation is 1. The first-order valence-corrected chi connectivity index (χ1v) is 11.6. The molecule has 0 saturated heterocycles. The van der Waals surface area contributed by atoms with Gasteiger partial charge >= 0.3 is 12.1 Å². The van der Waals surface area contributed by atoms with Crippen LogP contribution in [-0.2, 0) is 17.6 Å². The van der Waals surface area contributed by atoms with Gasteiger partial charge in [0.05, 0.1) is 5.69 Å². The molecule has 7 nitrogen and oxygen atoms in total. The number of nitrogens with zero attached hydrogens (tertiary/aromatic N) is 2. The summed E-state index contributed by atoms with van der Waals surface area (Å²) in [5.74, 6) is -2.29. The van der Waals surface area contributed by atoms with Crippen molar-refractivity contribution in [2.45, 2.75) is 63.1 Å². The molecule has 34 heavy (non-hydrogen) atoms. The predicted octanol–water partition coefficient (Wildman–Crippen LogP) is 3.93. The summed E-state index contributed by atoms with van der Waals surface area (Å²) < 4.78 is 42.7. The van der Waals surface area contributed by atoms with Gasteiger partial charge in [0.2, 0.25) is 11.8 Å². The quantitative estimate of drug-likeness (QED) is 0.591. The van der Waals surface area contributed by atoms with E-state index in [0.717, 1.165) is 37.3 Å². The van der Waals surface area contributed by atoms with E-state index >= 15 is 0 Å². The molecule has 1 heterocycles. The van der Waals surface area contributed by atoms with Crippen molar-refractivity contribution < 1.29 is 27.5 Å². The Morgan fingerprint density at radius 3 is 2.68 bits per heavy atom. The normalized spacial score (nSPS) is 21.5. The highest BCUT2D eigenvalue weighted by Crippen LogP contribution is 2.42. The lowest BCUT2D eigenvalue weighted by Crippen LogP contribution is -2.29. The van der Waals surface area contributed by atoms with E-state index in [1.54, 1.807) is 6.07 Å². The Hall–Kier alpha value is -3.01. The Morgan fingerprint density at radius 2 is 1.91 bits per heavy atom. The van der Waals surface area contributed by atoms with Gasteiger partial charge in [0.15, 0.2) is 0 Å². The molecular formula is C24H25F3N4O3. The van der Waals surface area contributed by atoms with E-state index in [2.05, 4.69) is 25.3 Å². The highest BCUT2D eigenvalue weighted by atomic mass is 19.4. The Morgan fingerprint density at radius 1 is 1.12 bits per heavy atom. The Bertz CT molecular complexity index is 1120. The third kappa shape index (κ3) is 5.22. The van der Waals surface area contributed by atoms with Gasteiger partial charge < -0.3 is 10.1 Å². The number of hydrogen-bond acceptors (Lipinski definition) is 6. The Balaban J connectivity index is 1.30. The molecule has 2 atom stereocenters. The summed E-state index contributed by atoms with van der Waals surface area (Å²) in [4.78, 5) is 32.5.